The van der Waals surface area contributed by atoms with Gasteiger partial charge in [-0.05, 0) is 91.3 Å². The summed E-state index contributed by atoms with van der Waals surface area (Å²) in [4.78, 5) is 0. The molecule has 8 unspecified atom stereocenters. The highest BCUT2D eigenvalue weighted by molar-refractivity contribution is 5.02. The Morgan fingerprint density at radius 2 is 1.64 bits per heavy atom. The molecule has 3 fully saturated rings. The van der Waals surface area contributed by atoms with E-state index in [1.54, 1.807) is 32.1 Å². The van der Waals surface area contributed by atoms with E-state index in [0.717, 1.165) is 47.3 Å². The highest BCUT2D eigenvalue weighted by Crippen LogP contribution is 2.61. The van der Waals surface area contributed by atoms with E-state index in [2.05, 4.69) is 41.5 Å². The topological polar surface area (TPSA) is 0 Å². The number of rotatable bonds is 8. The summed E-state index contributed by atoms with van der Waals surface area (Å²) in [5, 5.41) is 0. The minimum atomic E-state index is 0.708. The standard InChI is InChI=1S/C28H52/c1-20(2)22(4)14-13-21(3)10-9-12-25-23(5)15-18-27-26(25)17-16-24-11-7-8-19-28(24,27)6/h20-27H,7-19H2,1-6H3. The van der Waals surface area contributed by atoms with Crippen molar-refractivity contribution in [1.82, 2.24) is 0 Å². The molecule has 3 aliphatic carbocycles. The summed E-state index contributed by atoms with van der Waals surface area (Å²) < 4.78 is 0. The maximum absolute atomic E-state index is 2.72. The summed E-state index contributed by atoms with van der Waals surface area (Å²) in [6, 6.07) is 0. The van der Waals surface area contributed by atoms with Gasteiger partial charge >= 0.3 is 0 Å². The lowest BCUT2D eigenvalue weighted by molar-refractivity contribution is -0.0889. The zero-order chi connectivity index (χ0) is 20.3. The molecule has 0 aromatic rings. The summed E-state index contributed by atoms with van der Waals surface area (Å²) in [5.41, 5.74) is 0.708. The fourth-order valence-corrected chi connectivity index (χ4v) is 7.84. The first kappa shape index (κ1) is 22.7. The minimum Gasteiger partial charge on any atom is -0.0625 e. The predicted octanol–water partition coefficient (Wildman–Crippen LogP) is 9.13. The van der Waals surface area contributed by atoms with Gasteiger partial charge in [0, 0.05) is 0 Å². The van der Waals surface area contributed by atoms with E-state index in [-0.39, 0.29) is 0 Å². The van der Waals surface area contributed by atoms with Crippen molar-refractivity contribution in [2.24, 2.45) is 52.8 Å². The van der Waals surface area contributed by atoms with Crippen LogP contribution in [0.2, 0.25) is 0 Å². The third-order valence-electron chi connectivity index (χ3n) is 10.4. The van der Waals surface area contributed by atoms with Gasteiger partial charge in [-0.3, -0.25) is 0 Å². The van der Waals surface area contributed by atoms with Crippen LogP contribution in [-0.4, -0.2) is 0 Å². The van der Waals surface area contributed by atoms with Crippen LogP contribution in [0.15, 0.2) is 0 Å². The first-order valence-corrected chi connectivity index (χ1v) is 13.3. The first-order valence-electron chi connectivity index (χ1n) is 13.3. The summed E-state index contributed by atoms with van der Waals surface area (Å²) in [6.07, 6.45) is 19.7. The van der Waals surface area contributed by atoms with E-state index in [1.807, 2.05) is 0 Å². The van der Waals surface area contributed by atoms with Crippen LogP contribution >= 0.6 is 0 Å². The second kappa shape index (κ2) is 9.87. The molecule has 0 nitrogen and oxygen atoms in total. The Bertz CT molecular complexity index is 465. The van der Waals surface area contributed by atoms with Gasteiger partial charge < -0.3 is 0 Å². The predicted molar refractivity (Wildman–Crippen MR) is 124 cm³/mol. The molecule has 0 aliphatic heterocycles. The third-order valence-corrected chi connectivity index (χ3v) is 10.4. The average molecular weight is 389 g/mol. The largest absolute Gasteiger partial charge is 0.0625 e. The van der Waals surface area contributed by atoms with Crippen LogP contribution in [0.4, 0.5) is 0 Å². The van der Waals surface area contributed by atoms with E-state index >= 15 is 0 Å². The van der Waals surface area contributed by atoms with Gasteiger partial charge in [0.25, 0.3) is 0 Å². The minimum absolute atomic E-state index is 0.708. The molecule has 8 atom stereocenters. The van der Waals surface area contributed by atoms with E-state index in [1.165, 1.54) is 51.4 Å². The highest BCUT2D eigenvalue weighted by atomic mass is 14.6. The van der Waals surface area contributed by atoms with Gasteiger partial charge in [-0.15, -0.1) is 0 Å². The summed E-state index contributed by atoms with van der Waals surface area (Å²) in [5.74, 6) is 7.91. The van der Waals surface area contributed by atoms with Crippen LogP contribution in [0, 0.1) is 52.8 Å². The molecule has 0 saturated heterocycles. The fraction of sp³-hybridized carbons (Fsp3) is 1.00. The number of hydrogen-bond acceptors (Lipinski definition) is 0. The average Bonchev–Trinajstić information content (AvgIpc) is 2.66. The van der Waals surface area contributed by atoms with Crippen molar-refractivity contribution >= 4 is 0 Å². The van der Waals surface area contributed by atoms with Crippen molar-refractivity contribution in [3.05, 3.63) is 0 Å². The van der Waals surface area contributed by atoms with Crippen LogP contribution in [0.5, 0.6) is 0 Å². The summed E-state index contributed by atoms with van der Waals surface area (Å²) >= 11 is 0. The van der Waals surface area contributed by atoms with Crippen LogP contribution in [0.1, 0.15) is 125 Å². The van der Waals surface area contributed by atoms with Gasteiger partial charge in [0.2, 0.25) is 0 Å². The Balaban J connectivity index is 1.51. The molecule has 0 spiro atoms. The van der Waals surface area contributed by atoms with Crippen LogP contribution in [0.25, 0.3) is 0 Å². The first-order chi connectivity index (χ1) is 13.3. The lowest BCUT2D eigenvalue weighted by atomic mass is 9.47. The molecule has 0 aromatic carbocycles. The number of hydrogen-bond donors (Lipinski definition) is 0. The zero-order valence-corrected chi connectivity index (χ0v) is 20.3. The van der Waals surface area contributed by atoms with Crippen molar-refractivity contribution in [3.63, 3.8) is 0 Å². The normalized spacial score (nSPS) is 40.6. The molecule has 0 heteroatoms. The van der Waals surface area contributed by atoms with E-state index < -0.39 is 0 Å². The lowest BCUT2D eigenvalue weighted by Crippen LogP contribution is -2.50. The summed E-state index contributed by atoms with van der Waals surface area (Å²) in [6.45, 7) is 15.1. The second-order valence-electron chi connectivity index (χ2n) is 12.3. The Labute approximate surface area is 178 Å². The van der Waals surface area contributed by atoms with Crippen LogP contribution in [0.3, 0.4) is 0 Å². The quantitative estimate of drug-likeness (QED) is 0.389. The molecule has 0 heterocycles. The van der Waals surface area contributed by atoms with Crippen LogP contribution < -0.4 is 0 Å². The summed E-state index contributed by atoms with van der Waals surface area (Å²) in [7, 11) is 0. The van der Waals surface area contributed by atoms with Gasteiger partial charge in [-0.25, -0.2) is 0 Å². The Morgan fingerprint density at radius 1 is 0.857 bits per heavy atom. The maximum atomic E-state index is 2.72. The zero-order valence-electron chi connectivity index (χ0n) is 20.3. The van der Waals surface area contributed by atoms with Gasteiger partial charge in [0.15, 0.2) is 0 Å². The van der Waals surface area contributed by atoms with Gasteiger partial charge in [0.05, 0.1) is 0 Å². The fourth-order valence-electron chi connectivity index (χ4n) is 7.84. The maximum Gasteiger partial charge on any atom is -0.0266 e. The molecule has 0 bridgehead atoms. The molecule has 3 rings (SSSR count). The molecular formula is C28H52. The molecule has 164 valence electrons. The van der Waals surface area contributed by atoms with Crippen molar-refractivity contribution in [1.29, 1.82) is 0 Å². The van der Waals surface area contributed by atoms with Crippen molar-refractivity contribution in [3.8, 4) is 0 Å². The van der Waals surface area contributed by atoms with Crippen molar-refractivity contribution < 1.29 is 0 Å². The van der Waals surface area contributed by atoms with Gasteiger partial charge in [-0.1, -0.05) is 86.5 Å². The van der Waals surface area contributed by atoms with Crippen molar-refractivity contribution in [2.75, 3.05) is 0 Å². The SMILES string of the molecule is CC(CCCC1C(C)CCC2C1CCC1CCCCC12C)CCC(C)C(C)C. The number of fused-ring (bicyclic) bond motifs is 3. The smallest absolute Gasteiger partial charge is 0.0266 e. The molecule has 0 amide bonds. The molecule has 0 N–H and O–H groups in total. The van der Waals surface area contributed by atoms with Crippen LogP contribution in [-0.2, 0) is 0 Å². The third kappa shape index (κ3) is 5.00. The highest BCUT2D eigenvalue weighted by Gasteiger charge is 2.52. The monoisotopic (exact) mass is 388 g/mol. The molecule has 3 aliphatic rings. The van der Waals surface area contributed by atoms with Gasteiger partial charge in [0.1, 0.15) is 0 Å². The molecule has 0 aromatic heterocycles. The van der Waals surface area contributed by atoms with Crippen molar-refractivity contribution in [2.45, 2.75) is 125 Å². The Morgan fingerprint density at radius 3 is 2.39 bits per heavy atom. The molecule has 28 heavy (non-hydrogen) atoms. The lowest BCUT2D eigenvalue weighted by Gasteiger charge is -2.58. The Hall–Kier alpha value is 0. The van der Waals surface area contributed by atoms with Gasteiger partial charge in [-0.2, -0.15) is 0 Å². The molecular weight excluding hydrogens is 336 g/mol. The Kier molecular flexibility index (Phi) is 8.00. The molecule has 0 radical (unpaired) electrons. The second-order valence-corrected chi connectivity index (χ2v) is 12.3. The van der Waals surface area contributed by atoms with E-state index in [9.17, 15) is 0 Å². The molecule has 3 saturated carbocycles. The van der Waals surface area contributed by atoms with E-state index in [4.69, 9.17) is 0 Å². The van der Waals surface area contributed by atoms with E-state index in [0.29, 0.717) is 5.41 Å².